The molecule has 6 heteroatoms. The highest BCUT2D eigenvalue weighted by molar-refractivity contribution is 6.30. The summed E-state index contributed by atoms with van der Waals surface area (Å²) in [5, 5.41) is 5.78. The second kappa shape index (κ2) is 11.1. The summed E-state index contributed by atoms with van der Waals surface area (Å²) in [4.78, 5) is 25.7. The summed E-state index contributed by atoms with van der Waals surface area (Å²) in [7, 11) is 0. The van der Waals surface area contributed by atoms with Crippen molar-refractivity contribution in [2.75, 3.05) is 13.2 Å². The van der Waals surface area contributed by atoms with E-state index in [1.807, 2.05) is 48.5 Å². The van der Waals surface area contributed by atoms with Gasteiger partial charge in [-0.15, -0.1) is 0 Å². The third-order valence-electron chi connectivity index (χ3n) is 6.00. The van der Waals surface area contributed by atoms with Crippen molar-refractivity contribution >= 4 is 23.2 Å². The van der Waals surface area contributed by atoms with E-state index in [-0.39, 0.29) is 11.8 Å². The van der Waals surface area contributed by atoms with Gasteiger partial charge in [-0.25, -0.2) is 0 Å². The summed E-state index contributed by atoms with van der Waals surface area (Å²) in [6, 6.07) is 15.0. The van der Waals surface area contributed by atoms with E-state index in [9.17, 15) is 9.59 Å². The van der Waals surface area contributed by atoms with Gasteiger partial charge in [-0.3, -0.25) is 9.59 Å². The summed E-state index contributed by atoms with van der Waals surface area (Å²) >= 11 is 0. The number of carbonyl (C=O) groups is 2. The van der Waals surface area contributed by atoms with Gasteiger partial charge in [0.15, 0.2) is 0 Å². The zero-order chi connectivity index (χ0) is 23.9. The van der Waals surface area contributed by atoms with Crippen molar-refractivity contribution in [2.24, 2.45) is 0 Å². The predicted octanol–water partition coefficient (Wildman–Crippen LogP) is 5.21. The normalized spacial score (nSPS) is 14.9. The number of nitrogens with one attached hydrogen (secondary N) is 2. The van der Waals surface area contributed by atoms with Crippen molar-refractivity contribution in [3.8, 4) is 11.5 Å². The molecule has 0 fully saturated rings. The Kier molecular flexibility index (Phi) is 7.68. The molecule has 34 heavy (non-hydrogen) atoms. The molecule has 2 aromatic rings. The third-order valence-corrected chi connectivity index (χ3v) is 6.00. The minimum absolute atomic E-state index is 0.280. The number of fused-ring (bicyclic) bond motifs is 1. The molecule has 0 atom stereocenters. The van der Waals surface area contributed by atoms with Gasteiger partial charge < -0.3 is 20.1 Å². The predicted molar refractivity (Wildman–Crippen MR) is 133 cm³/mol. The van der Waals surface area contributed by atoms with Crippen molar-refractivity contribution < 1.29 is 19.1 Å². The number of carbonyl (C=O) groups excluding carboxylic acids is 2. The molecular weight excluding hydrogens is 428 g/mol. The molecule has 2 aliphatic heterocycles. The maximum atomic E-state index is 12.9. The molecule has 0 saturated heterocycles. The first-order valence-electron chi connectivity index (χ1n) is 12.2. The van der Waals surface area contributed by atoms with Crippen LogP contribution in [0.5, 0.6) is 11.5 Å². The number of rotatable bonds is 12. The van der Waals surface area contributed by atoms with E-state index in [0.717, 1.165) is 61.2 Å². The maximum Gasteiger partial charge on any atom is 0.258 e. The highest BCUT2D eigenvalue weighted by atomic mass is 16.5. The van der Waals surface area contributed by atoms with Gasteiger partial charge in [-0.2, -0.15) is 0 Å². The van der Waals surface area contributed by atoms with Crippen molar-refractivity contribution in [1.82, 2.24) is 10.6 Å². The fourth-order valence-corrected chi connectivity index (χ4v) is 4.13. The van der Waals surface area contributed by atoms with Crippen LogP contribution in [-0.2, 0) is 9.59 Å². The van der Waals surface area contributed by atoms with Crippen LogP contribution in [0.3, 0.4) is 0 Å². The minimum Gasteiger partial charge on any atom is -0.494 e. The van der Waals surface area contributed by atoms with E-state index in [1.165, 1.54) is 0 Å². The number of hydrogen-bond donors (Lipinski definition) is 2. The fourth-order valence-electron chi connectivity index (χ4n) is 4.13. The Bertz CT molecular complexity index is 1010. The molecule has 0 spiro atoms. The number of benzene rings is 2. The van der Waals surface area contributed by atoms with Crippen molar-refractivity contribution in [1.29, 1.82) is 0 Å². The first-order chi connectivity index (χ1) is 16.6. The summed E-state index contributed by atoms with van der Waals surface area (Å²) in [6.45, 7) is 5.68. The van der Waals surface area contributed by atoms with Crippen molar-refractivity contribution in [3.63, 3.8) is 0 Å². The molecular formula is C28H32N2O4. The average molecular weight is 461 g/mol. The van der Waals surface area contributed by atoms with Crippen molar-refractivity contribution in [3.05, 3.63) is 70.8 Å². The number of hydrogen-bond acceptors (Lipinski definition) is 4. The van der Waals surface area contributed by atoms with Gasteiger partial charge in [-0.05, 0) is 72.5 Å². The van der Waals surface area contributed by atoms with Gasteiger partial charge >= 0.3 is 0 Å². The minimum atomic E-state index is -0.280. The third kappa shape index (κ3) is 5.16. The van der Waals surface area contributed by atoms with E-state index in [4.69, 9.17) is 9.47 Å². The fraction of sp³-hybridized carbons (Fsp3) is 0.357. The second-order valence-electron chi connectivity index (χ2n) is 8.57. The van der Waals surface area contributed by atoms with Crippen LogP contribution in [0, 0.1) is 0 Å². The Hall–Kier alpha value is -3.54. The first-order valence-corrected chi connectivity index (χ1v) is 12.2. The van der Waals surface area contributed by atoms with Crippen molar-refractivity contribution in [2.45, 2.75) is 52.4 Å². The van der Waals surface area contributed by atoms with Gasteiger partial charge in [0.05, 0.1) is 35.8 Å². The van der Waals surface area contributed by atoms with Crippen LogP contribution >= 0.6 is 0 Å². The van der Waals surface area contributed by atoms with Gasteiger partial charge in [-0.1, -0.05) is 39.5 Å². The molecule has 0 radical (unpaired) electrons. The lowest BCUT2D eigenvalue weighted by Gasteiger charge is -2.10. The lowest BCUT2D eigenvalue weighted by molar-refractivity contribution is -0.117. The summed E-state index contributed by atoms with van der Waals surface area (Å²) < 4.78 is 11.5. The zero-order valence-electron chi connectivity index (χ0n) is 19.9. The first kappa shape index (κ1) is 23.6. The van der Waals surface area contributed by atoms with E-state index < -0.39 is 0 Å². The SMILES string of the molecule is CCCCCOc1ccc(C2=C3C(=O)NC(c4ccc(OCCCCC)cc4)=C3C(=O)N2)cc1. The molecule has 0 bridgehead atoms. The van der Waals surface area contributed by atoms with Gasteiger partial charge in [0, 0.05) is 0 Å². The maximum absolute atomic E-state index is 12.9. The van der Waals surface area contributed by atoms with Crippen LogP contribution in [0.1, 0.15) is 63.5 Å². The monoisotopic (exact) mass is 460 g/mol. The molecule has 0 saturated carbocycles. The Morgan fingerprint density at radius 2 is 0.971 bits per heavy atom. The molecule has 2 N–H and O–H groups in total. The highest BCUT2D eigenvalue weighted by Crippen LogP contribution is 2.37. The zero-order valence-corrected chi connectivity index (χ0v) is 19.9. The summed E-state index contributed by atoms with van der Waals surface area (Å²) in [5.41, 5.74) is 3.37. The van der Waals surface area contributed by atoms with E-state index in [0.29, 0.717) is 35.8 Å². The quantitative estimate of drug-likeness (QED) is 0.427. The van der Waals surface area contributed by atoms with E-state index in [2.05, 4.69) is 24.5 Å². The Labute approximate surface area is 201 Å². The van der Waals surface area contributed by atoms with Crippen LogP contribution in [0.2, 0.25) is 0 Å². The lowest BCUT2D eigenvalue weighted by Crippen LogP contribution is -2.21. The number of amides is 2. The topological polar surface area (TPSA) is 76.7 Å². The van der Waals surface area contributed by atoms with Crippen LogP contribution in [0.25, 0.3) is 11.4 Å². The molecule has 0 aliphatic carbocycles. The Morgan fingerprint density at radius 1 is 0.588 bits per heavy atom. The van der Waals surface area contributed by atoms with Crippen LogP contribution in [-0.4, -0.2) is 25.0 Å². The Morgan fingerprint density at radius 3 is 1.32 bits per heavy atom. The standard InChI is InChI=1S/C28H32N2O4/c1-3-5-7-17-33-21-13-9-19(10-14-21)25-23-24(28(32)29-25)26(30-27(23)31)20-11-15-22(16-12-20)34-18-8-6-4-2/h9-16H,3-8,17-18H2,1-2H3,(H,29,32)(H,30,31). The van der Waals surface area contributed by atoms with Gasteiger partial charge in [0.2, 0.25) is 0 Å². The van der Waals surface area contributed by atoms with Crippen LogP contribution < -0.4 is 20.1 Å². The van der Waals surface area contributed by atoms with E-state index in [1.54, 1.807) is 0 Å². The second-order valence-corrected chi connectivity index (χ2v) is 8.57. The smallest absolute Gasteiger partial charge is 0.258 e. The Balaban J connectivity index is 1.52. The molecule has 2 heterocycles. The molecule has 0 unspecified atom stereocenters. The lowest BCUT2D eigenvalue weighted by atomic mass is 10.0. The average Bonchev–Trinajstić information content (AvgIpc) is 3.38. The molecule has 4 rings (SSSR count). The van der Waals surface area contributed by atoms with Gasteiger partial charge in [0.25, 0.3) is 11.8 Å². The summed E-state index contributed by atoms with van der Waals surface area (Å²) in [6.07, 6.45) is 6.62. The molecule has 2 amide bonds. The van der Waals surface area contributed by atoms with E-state index >= 15 is 0 Å². The van der Waals surface area contributed by atoms with Crippen LogP contribution in [0.15, 0.2) is 59.7 Å². The molecule has 2 aliphatic rings. The largest absolute Gasteiger partial charge is 0.494 e. The molecule has 0 aromatic heterocycles. The molecule has 6 nitrogen and oxygen atoms in total. The number of unbranched alkanes of at least 4 members (excludes halogenated alkanes) is 4. The summed E-state index contributed by atoms with van der Waals surface area (Å²) in [5.74, 6) is 0.995. The van der Waals surface area contributed by atoms with Crippen LogP contribution in [0.4, 0.5) is 0 Å². The molecule has 2 aromatic carbocycles. The highest BCUT2D eigenvalue weighted by Gasteiger charge is 2.40. The molecule has 178 valence electrons. The van der Waals surface area contributed by atoms with Gasteiger partial charge in [0.1, 0.15) is 11.5 Å². The number of ether oxygens (including phenoxy) is 2.